The molecule has 162 valence electrons. The van der Waals surface area contributed by atoms with Crippen LogP contribution in [0.1, 0.15) is 33.6 Å². The van der Waals surface area contributed by atoms with E-state index in [1.165, 1.54) is 6.20 Å². The van der Waals surface area contributed by atoms with Gasteiger partial charge in [0, 0.05) is 19.6 Å². The number of piperidine rings is 1. The molecule has 2 aromatic rings. The molecule has 0 bridgehead atoms. The smallest absolute Gasteiger partial charge is 0.355 e. The number of hydrogen-bond donors (Lipinski definition) is 2. The molecular weight excluding hydrogens is 413 g/mol. The van der Waals surface area contributed by atoms with E-state index >= 15 is 0 Å². The van der Waals surface area contributed by atoms with E-state index in [-0.39, 0.29) is 48.9 Å². The van der Waals surface area contributed by atoms with Crippen molar-refractivity contribution in [1.82, 2.24) is 24.1 Å². The number of fused-ring (bicyclic) bond motifs is 1. The molecule has 1 aliphatic rings. The van der Waals surface area contributed by atoms with Crippen molar-refractivity contribution in [1.29, 1.82) is 0 Å². The number of anilines is 1. The number of halogens is 3. The van der Waals surface area contributed by atoms with Crippen LogP contribution in [0, 0.1) is 5.92 Å². The summed E-state index contributed by atoms with van der Waals surface area (Å²) in [6.07, 6.45) is 2.00. The quantitative estimate of drug-likeness (QED) is 0.756. The van der Waals surface area contributed by atoms with Crippen LogP contribution in [0.15, 0.2) is 11.0 Å². The number of rotatable bonds is 4. The Balaban J connectivity index is 1.67. The fourth-order valence-electron chi connectivity index (χ4n) is 3.23. The molecule has 0 atom stereocenters. The molecule has 3 heterocycles. The molecule has 0 aromatic carbocycles. The fraction of sp³-hybridized carbons (Fsp3) is 0.688. The zero-order chi connectivity index (χ0) is 21.6. The molecule has 2 aromatic heterocycles. The van der Waals surface area contributed by atoms with Crippen molar-refractivity contribution in [2.45, 2.75) is 44.7 Å². The monoisotopic (exact) mass is 436 g/mol. The number of H-pyrrole nitrogens is 1. The molecule has 29 heavy (non-hydrogen) atoms. The van der Waals surface area contributed by atoms with Gasteiger partial charge in [0.2, 0.25) is 5.95 Å². The second kappa shape index (κ2) is 7.27. The van der Waals surface area contributed by atoms with Crippen molar-refractivity contribution in [3.05, 3.63) is 16.6 Å². The predicted octanol–water partition coefficient (Wildman–Crippen LogP) is 1.85. The van der Waals surface area contributed by atoms with Crippen molar-refractivity contribution in [3.63, 3.8) is 0 Å². The molecule has 0 saturated carbocycles. The number of nitrogens with one attached hydrogen (secondary N) is 2. The van der Waals surface area contributed by atoms with Gasteiger partial charge in [0.1, 0.15) is 5.39 Å². The van der Waals surface area contributed by atoms with Crippen LogP contribution < -0.4 is 10.9 Å². The third kappa shape index (κ3) is 4.25. The Morgan fingerprint density at radius 1 is 1.24 bits per heavy atom. The Bertz CT molecular complexity index is 1050. The topological polar surface area (TPSA) is 113 Å². The summed E-state index contributed by atoms with van der Waals surface area (Å²) < 4.78 is 63.0. The van der Waals surface area contributed by atoms with E-state index in [9.17, 15) is 26.4 Å². The number of nitrogens with zero attached hydrogens (tertiary/aromatic N) is 4. The van der Waals surface area contributed by atoms with Crippen molar-refractivity contribution >= 4 is 27.0 Å². The molecular formula is C16H23F3N6O3S. The lowest BCUT2D eigenvalue weighted by Crippen LogP contribution is -2.45. The number of aromatic amines is 1. The third-order valence-corrected chi connectivity index (χ3v) is 6.47. The molecule has 1 saturated heterocycles. The molecule has 2 N–H and O–H groups in total. The largest absolute Gasteiger partial charge is 0.511 e. The highest BCUT2D eigenvalue weighted by Gasteiger charge is 2.50. The van der Waals surface area contributed by atoms with Gasteiger partial charge in [-0.1, -0.05) is 0 Å². The first-order valence-corrected chi connectivity index (χ1v) is 10.5. The van der Waals surface area contributed by atoms with E-state index in [2.05, 4.69) is 20.4 Å². The summed E-state index contributed by atoms with van der Waals surface area (Å²) in [5.41, 5.74) is -5.59. The summed E-state index contributed by atoms with van der Waals surface area (Å²) in [4.78, 5) is 19.3. The van der Waals surface area contributed by atoms with Crippen LogP contribution in [0.25, 0.3) is 11.0 Å². The second-order valence-electron chi connectivity index (χ2n) is 8.05. The zero-order valence-electron chi connectivity index (χ0n) is 16.2. The Kier molecular flexibility index (Phi) is 5.41. The van der Waals surface area contributed by atoms with E-state index in [1.807, 2.05) is 20.8 Å². The molecule has 0 unspecified atom stereocenters. The average Bonchev–Trinajstić information content (AvgIpc) is 3.04. The van der Waals surface area contributed by atoms with Crippen molar-refractivity contribution in [3.8, 4) is 0 Å². The Morgan fingerprint density at radius 2 is 1.86 bits per heavy atom. The Labute approximate surface area is 165 Å². The summed E-state index contributed by atoms with van der Waals surface area (Å²) in [5.74, 6) is 0.182. The van der Waals surface area contributed by atoms with Crippen LogP contribution in [0.2, 0.25) is 0 Å². The maximum atomic E-state index is 12.6. The van der Waals surface area contributed by atoms with Gasteiger partial charge >= 0.3 is 15.5 Å². The molecule has 9 nitrogen and oxygen atoms in total. The second-order valence-corrected chi connectivity index (χ2v) is 9.98. The van der Waals surface area contributed by atoms with E-state index in [0.717, 1.165) is 0 Å². The summed E-state index contributed by atoms with van der Waals surface area (Å²) in [6, 6.07) is 0. The highest BCUT2D eigenvalue weighted by atomic mass is 32.2. The van der Waals surface area contributed by atoms with Gasteiger partial charge < -0.3 is 5.32 Å². The van der Waals surface area contributed by atoms with Crippen LogP contribution in [0.3, 0.4) is 0 Å². The maximum absolute atomic E-state index is 12.6. The van der Waals surface area contributed by atoms with E-state index in [4.69, 9.17) is 0 Å². The van der Waals surface area contributed by atoms with Crippen LogP contribution in [0.5, 0.6) is 0 Å². The minimum absolute atomic E-state index is 0.0526. The van der Waals surface area contributed by atoms with Crippen molar-refractivity contribution < 1.29 is 21.6 Å². The number of aromatic nitrogens is 4. The van der Waals surface area contributed by atoms with Gasteiger partial charge in [-0.15, -0.1) is 0 Å². The number of alkyl halides is 3. The van der Waals surface area contributed by atoms with Gasteiger partial charge in [-0.05, 0) is 39.5 Å². The normalized spacial score (nSPS) is 17.7. The highest BCUT2D eigenvalue weighted by molar-refractivity contribution is 7.90. The minimum Gasteiger partial charge on any atom is -0.355 e. The van der Waals surface area contributed by atoms with Gasteiger partial charge in [0.25, 0.3) is 5.56 Å². The van der Waals surface area contributed by atoms with E-state index in [0.29, 0.717) is 21.9 Å². The Morgan fingerprint density at radius 3 is 2.41 bits per heavy atom. The van der Waals surface area contributed by atoms with Crippen LogP contribution in [0.4, 0.5) is 19.1 Å². The lowest BCUT2D eigenvalue weighted by molar-refractivity contribution is -0.0496. The number of sulfonamides is 1. The molecule has 1 aliphatic heterocycles. The Hall–Kier alpha value is -2.15. The van der Waals surface area contributed by atoms with Crippen LogP contribution in [-0.2, 0) is 15.6 Å². The van der Waals surface area contributed by atoms with E-state index in [1.54, 1.807) is 4.68 Å². The zero-order valence-corrected chi connectivity index (χ0v) is 17.1. The average molecular weight is 436 g/mol. The first-order chi connectivity index (χ1) is 13.3. The fourth-order valence-corrected chi connectivity index (χ4v) is 4.22. The lowest BCUT2D eigenvalue weighted by Gasteiger charge is -2.31. The summed E-state index contributed by atoms with van der Waals surface area (Å²) in [7, 11) is -5.29. The summed E-state index contributed by atoms with van der Waals surface area (Å²) in [5, 5.41) is 7.58. The molecule has 3 rings (SSSR count). The van der Waals surface area contributed by atoms with Crippen LogP contribution >= 0.6 is 0 Å². The standard InChI is InChI=1S/C16H23F3N6O3S/c1-15(2,3)25-12-11(9-21-25)13(26)23-14(22-12)20-8-10-4-6-24(7-5-10)29(27,28)16(17,18)19/h9-10H,4-8H2,1-3H3,(H2,20,22,23,26). The SMILES string of the molecule is CC(C)(C)n1ncc2c(=O)[nH]c(NCC3CCN(S(=O)(=O)C(F)(F)F)CC3)nc21. The molecule has 0 spiro atoms. The summed E-state index contributed by atoms with van der Waals surface area (Å²) in [6.45, 7) is 5.73. The minimum atomic E-state index is -5.29. The van der Waals surface area contributed by atoms with Gasteiger partial charge in [-0.3, -0.25) is 9.78 Å². The molecule has 13 heteroatoms. The van der Waals surface area contributed by atoms with Gasteiger partial charge in [-0.2, -0.15) is 27.6 Å². The first-order valence-electron chi connectivity index (χ1n) is 9.09. The van der Waals surface area contributed by atoms with Gasteiger partial charge in [-0.25, -0.2) is 13.1 Å². The predicted molar refractivity (Wildman–Crippen MR) is 101 cm³/mol. The third-order valence-electron chi connectivity index (χ3n) is 4.84. The number of hydrogen-bond acceptors (Lipinski definition) is 6. The van der Waals surface area contributed by atoms with Gasteiger partial charge in [0.15, 0.2) is 5.65 Å². The first kappa shape index (κ1) is 21.6. The molecule has 0 radical (unpaired) electrons. The van der Waals surface area contributed by atoms with Crippen molar-refractivity contribution in [2.75, 3.05) is 25.0 Å². The van der Waals surface area contributed by atoms with Crippen molar-refractivity contribution in [2.24, 2.45) is 5.92 Å². The molecule has 0 aliphatic carbocycles. The summed E-state index contributed by atoms with van der Waals surface area (Å²) >= 11 is 0. The molecule has 1 fully saturated rings. The highest BCUT2D eigenvalue weighted by Crippen LogP contribution is 2.30. The maximum Gasteiger partial charge on any atom is 0.511 e. The van der Waals surface area contributed by atoms with Gasteiger partial charge in [0.05, 0.1) is 11.7 Å². The molecule has 0 amide bonds. The van der Waals surface area contributed by atoms with E-state index < -0.39 is 15.5 Å². The lowest BCUT2D eigenvalue weighted by atomic mass is 9.98. The van der Waals surface area contributed by atoms with Crippen LogP contribution in [-0.4, -0.2) is 57.6 Å².